The number of hydrogen-bond donors (Lipinski definition) is 2. The van der Waals surface area contributed by atoms with Crippen molar-refractivity contribution in [3.63, 3.8) is 0 Å². The monoisotopic (exact) mass is 299 g/mol. The zero-order chi connectivity index (χ0) is 15.0. The van der Waals surface area contributed by atoms with Crippen LogP contribution in [0.5, 0.6) is 0 Å². The second-order valence-corrected chi connectivity index (χ2v) is 4.79. The number of ether oxygens (including phenoxy) is 1. The van der Waals surface area contributed by atoms with Crippen LogP contribution in [0.4, 0.5) is 4.79 Å². The average Bonchev–Trinajstić information content (AvgIpc) is 2.40. The van der Waals surface area contributed by atoms with E-state index in [1.807, 2.05) is 6.92 Å². The zero-order valence-electron chi connectivity index (χ0n) is 11.3. The molecule has 0 unspecified atom stereocenters. The van der Waals surface area contributed by atoms with Crippen molar-refractivity contribution in [2.75, 3.05) is 6.61 Å². The SMILES string of the molecule is CCCCOC(=O)N[C@@H](Cc1ccc(Cl)cc1)C(=O)O. The summed E-state index contributed by atoms with van der Waals surface area (Å²) in [6.07, 6.45) is 1.12. The van der Waals surface area contributed by atoms with Crippen molar-refractivity contribution in [3.8, 4) is 0 Å². The number of carboxylic acid groups (broad SMARTS) is 1. The maximum absolute atomic E-state index is 11.5. The summed E-state index contributed by atoms with van der Waals surface area (Å²) in [4.78, 5) is 22.6. The second-order valence-electron chi connectivity index (χ2n) is 4.36. The maximum Gasteiger partial charge on any atom is 0.407 e. The third-order valence-corrected chi connectivity index (χ3v) is 2.93. The smallest absolute Gasteiger partial charge is 0.407 e. The van der Waals surface area contributed by atoms with Gasteiger partial charge in [0.1, 0.15) is 6.04 Å². The lowest BCUT2D eigenvalue weighted by Gasteiger charge is -2.14. The molecular weight excluding hydrogens is 282 g/mol. The van der Waals surface area contributed by atoms with Crippen molar-refractivity contribution in [2.45, 2.75) is 32.2 Å². The standard InChI is InChI=1S/C14H18ClNO4/c1-2-3-8-20-14(19)16-12(13(17)18)9-10-4-6-11(15)7-5-10/h4-7,12H,2-3,8-9H2,1H3,(H,16,19)(H,17,18)/t12-/m0/s1. The first-order valence-electron chi connectivity index (χ1n) is 6.43. The summed E-state index contributed by atoms with van der Waals surface area (Å²) in [5.41, 5.74) is 0.774. The van der Waals surface area contributed by atoms with Crippen LogP contribution in [0.25, 0.3) is 0 Å². The molecule has 1 aromatic carbocycles. The Hall–Kier alpha value is -1.75. The number of rotatable bonds is 7. The van der Waals surface area contributed by atoms with Gasteiger partial charge in [0.2, 0.25) is 0 Å². The van der Waals surface area contributed by atoms with Crippen LogP contribution in [0.1, 0.15) is 25.3 Å². The van der Waals surface area contributed by atoms with E-state index in [0.717, 1.165) is 18.4 Å². The molecule has 0 radical (unpaired) electrons. The molecule has 1 atom stereocenters. The highest BCUT2D eigenvalue weighted by atomic mass is 35.5. The van der Waals surface area contributed by atoms with Crippen molar-refractivity contribution in [1.29, 1.82) is 0 Å². The first kappa shape index (κ1) is 16.3. The van der Waals surface area contributed by atoms with Gasteiger partial charge in [-0.3, -0.25) is 0 Å². The molecule has 2 N–H and O–H groups in total. The van der Waals surface area contributed by atoms with Crippen LogP contribution in [0.2, 0.25) is 5.02 Å². The van der Waals surface area contributed by atoms with E-state index >= 15 is 0 Å². The minimum Gasteiger partial charge on any atom is -0.480 e. The number of aliphatic carboxylic acids is 1. The van der Waals surface area contributed by atoms with Crippen LogP contribution in [-0.4, -0.2) is 29.8 Å². The number of carbonyl (C=O) groups is 2. The second kappa shape index (κ2) is 8.43. The van der Waals surface area contributed by atoms with E-state index in [0.29, 0.717) is 5.02 Å². The summed E-state index contributed by atoms with van der Waals surface area (Å²) in [6.45, 7) is 2.26. The number of amides is 1. The van der Waals surface area contributed by atoms with Crippen LogP contribution in [-0.2, 0) is 16.0 Å². The van der Waals surface area contributed by atoms with Gasteiger partial charge in [-0.05, 0) is 24.1 Å². The minimum absolute atomic E-state index is 0.176. The van der Waals surface area contributed by atoms with Gasteiger partial charge in [0.15, 0.2) is 0 Å². The molecule has 0 aromatic heterocycles. The van der Waals surface area contributed by atoms with Gasteiger partial charge in [-0.2, -0.15) is 0 Å². The Morgan fingerprint density at radius 2 is 2.00 bits per heavy atom. The lowest BCUT2D eigenvalue weighted by Crippen LogP contribution is -2.42. The third kappa shape index (κ3) is 5.93. The number of hydrogen-bond acceptors (Lipinski definition) is 3. The molecule has 0 saturated heterocycles. The maximum atomic E-state index is 11.5. The molecule has 0 aliphatic carbocycles. The molecule has 0 spiro atoms. The first-order chi connectivity index (χ1) is 9.52. The number of alkyl carbamates (subject to hydrolysis) is 1. The molecule has 20 heavy (non-hydrogen) atoms. The molecule has 0 bridgehead atoms. The van der Waals surface area contributed by atoms with E-state index in [1.54, 1.807) is 24.3 Å². The topological polar surface area (TPSA) is 75.6 Å². The minimum atomic E-state index is -1.10. The first-order valence-corrected chi connectivity index (χ1v) is 6.81. The van der Waals surface area contributed by atoms with Gasteiger partial charge >= 0.3 is 12.1 Å². The number of benzene rings is 1. The van der Waals surface area contributed by atoms with E-state index in [9.17, 15) is 9.59 Å². The van der Waals surface area contributed by atoms with Crippen LogP contribution in [0.15, 0.2) is 24.3 Å². The van der Waals surface area contributed by atoms with E-state index in [1.165, 1.54) is 0 Å². The fraction of sp³-hybridized carbons (Fsp3) is 0.429. The van der Waals surface area contributed by atoms with E-state index in [4.69, 9.17) is 21.4 Å². The van der Waals surface area contributed by atoms with Gasteiger partial charge in [-0.15, -0.1) is 0 Å². The molecule has 0 fully saturated rings. The van der Waals surface area contributed by atoms with Gasteiger partial charge in [0, 0.05) is 11.4 Å². The van der Waals surface area contributed by atoms with Gasteiger partial charge in [0.25, 0.3) is 0 Å². The molecule has 1 rings (SSSR count). The van der Waals surface area contributed by atoms with Gasteiger partial charge in [0.05, 0.1) is 6.61 Å². The molecule has 110 valence electrons. The highest BCUT2D eigenvalue weighted by molar-refractivity contribution is 6.30. The Kier molecular flexibility index (Phi) is 6.87. The zero-order valence-corrected chi connectivity index (χ0v) is 12.0. The van der Waals surface area contributed by atoms with Crippen LogP contribution in [0.3, 0.4) is 0 Å². The molecule has 0 aliphatic rings. The molecule has 1 amide bonds. The van der Waals surface area contributed by atoms with Crippen molar-refractivity contribution in [2.24, 2.45) is 0 Å². The molecule has 0 saturated carbocycles. The number of carbonyl (C=O) groups excluding carboxylic acids is 1. The summed E-state index contributed by atoms with van der Waals surface area (Å²) in [5, 5.41) is 12.0. The largest absolute Gasteiger partial charge is 0.480 e. The number of nitrogens with one attached hydrogen (secondary N) is 1. The highest BCUT2D eigenvalue weighted by Gasteiger charge is 2.21. The number of halogens is 1. The molecule has 1 aromatic rings. The van der Waals surface area contributed by atoms with Crippen LogP contribution in [0, 0.1) is 0 Å². The van der Waals surface area contributed by atoms with Crippen molar-refractivity contribution in [3.05, 3.63) is 34.9 Å². The van der Waals surface area contributed by atoms with Crippen LogP contribution < -0.4 is 5.32 Å². The third-order valence-electron chi connectivity index (χ3n) is 2.67. The highest BCUT2D eigenvalue weighted by Crippen LogP contribution is 2.11. The normalized spacial score (nSPS) is 11.7. The van der Waals surface area contributed by atoms with Gasteiger partial charge < -0.3 is 15.2 Å². The number of carboxylic acids is 1. The molecule has 0 aliphatic heterocycles. The van der Waals surface area contributed by atoms with E-state index < -0.39 is 18.1 Å². The lowest BCUT2D eigenvalue weighted by atomic mass is 10.1. The summed E-state index contributed by atoms with van der Waals surface area (Å²) in [7, 11) is 0. The average molecular weight is 300 g/mol. The van der Waals surface area contributed by atoms with Gasteiger partial charge in [-0.25, -0.2) is 9.59 Å². The Morgan fingerprint density at radius 3 is 2.55 bits per heavy atom. The Labute approximate surface area is 122 Å². The fourth-order valence-electron chi connectivity index (χ4n) is 1.55. The predicted octanol–water partition coefficient (Wildman–Crippen LogP) is 2.86. The summed E-state index contributed by atoms with van der Waals surface area (Å²) >= 11 is 5.76. The molecule has 5 nitrogen and oxygen atoms in total. The van der Waals surface area contributed by atoms with Crippen LogP contribution >= 0.6 is 11.6 Å². The Balaban J connectivity index is 2.54. The molecule has 6 heteroatoms. The van der Waals surface area contributed by atoms with Gasteiger partial charge in [-0.1, -0.05) is 37.1 Å². The van der Waals surface area contributed by atoms with E-state index in [2.05, 4.69) is 5.32 Å². The fourth-order valence-corrected chi connectivity index (χ4v) is 1.68. The summed E-state index contributed by atoms with van der Waals surface area (Å²) < 4.78 is 4.89. The Morgan fingerprint density at radius 1 is 1.35 bits per heavy atom. The molecule has 0 heterocycles. The summed E-state index contributed by atoms with van der Waals surface area (Å²) in [5.74, 6) is -1.10. The van der Waals surface area contributed by atoms with Crippen molar-refractivity contribution >= 4 is 23.7 Å². The number of unbranched alkanes of at least 4 members (excludes halogenated alkanes) is 1. The predicted molar refractivity (Wildman–Crippen MR) is 76.0 cm³/mol. The molecular formula is C14H18ClNO4. The summed E-state index contributed by atoms with van der Waals surface area (Å²) in [6, 6.07) is 5.78. The quantitative estimate of drug-likeness (QED) is 0.759. The van der Waals surface area contributed by atoms with Crippen molar-refractivity contribution in [1.82, 2.24) is 5.32 Å². The van der Waals surface area contributed by atoms with Crippen molar-refractivity contribution < 1.29 is 19.4 Å². The Bertz CT molecular complexity index is 447. The van der Waals surface area contributed by atoms with E-state index in [-0.39, 0.29) is 13.0 Å². The lowest BCUT2D eigenvalue weighted by molar-refractivity contribution is -0.139.